The van der Waals surface area contributed by atoms with E-state index in [1.807, 2.05) is 30.3 Å². The van der Waals surface area contributed by atoms with Gasteiger partial charge in [0.1, 0.15) is 5.82 Å². The van der Waals surface area contributed by atoms with E-state index in [4.69, 9.17) is 10.7 Å². The number of amides is 1. The van der Waals surface area contributed by atoms with Crippen molar-refractivity contribution in [1.82, 2.24) is 9.88 Å². The Morgan fingerprint density at radius 1 is 1.24 bits per heavy atom. The summed E-state index contributed by atoms with van der Waals surface area (Å²) in [4.78, 5) is 21.0. The minimum atomic E-state index is -0.401. The van der Waals surface area contributed by atoms with E-state index in [9.17, 15) is 4.79 Å². The highest BCUT2D eigenvalue weighted by atomic mass is 16.1. The Balaban J connectivity index is 1.98. The fourth-order valence-corrected chi connectivity index (χ4v) is 2.82. The molecule has 1 aliphatic rings. The number of likely N-dealkylation sites (N-methyl/N-ethyl adjacent to an activating group) is 1. The molecular weight excluding hydrogens is 264 g/mol. The average molecular weight is 284 g/mol. The number of piperazine rings is 1. The van der Waals surface area contributed by atoms with Crippen LogP contribution in [0.1, 0.15) is 17.3 Å². The van der Waals surface area contributed by atoms with Crippen molar-refractivity contribution in [3.8, 4) is 0 Å². The standard InChI is InChI=1S/C16H20N4O/c1-2-19-7-9-20(10-8-19)15-11-13(16(17)21)12-5-3-4-6-14(12)18-15/h3-6,11H,2,7-10H2,1H3,(H2,17,21). The number of para-hydroxylation sites is 1. The van der Waals surface area contributed by atoms with E-state index < -0.39 is 5.91 Å². The van der Waals surface area contributed by atoms with Gasteiger partial charge in [-0.15, -0.1) is 0 Å². The maximum atomic E-state index is 11.7. The monoisotopic (exact) mass is 284 g/mol. The molecule has 0 saturated carbocycles. The maximum Gasteiger partial charge on any atom is 0.249 e. The lowest BCUT2D eigenvalue weighted by molar-refractivity contribution is 0.100. The van der Waals surface area contributed by atoms with Gasteiger partial charge in [0.05, 0.1) is 11.1 Å². The number of aromatic nitrogens is 1. The molecule has 3 rings (SSSR count). The molecule has 1 saturated heterocycles. The fourth-order valence-electron chi connectivity index (χ4n) is 2.82. The van der Waals surface area contributed by atoms with Gasteiger partial charge in [-0.2, -0.15) is 0 Å². The molecule has 0 aliphatic carbocycles. The molecule has 0 spiro atoms. The molecular formula is C16H20N4O. The average Bonchev–Trinajstić information content (AvgIpc) is 2.53. The summed E-state index contributed by atoms with van der Waals surface area (Å²) in [6.45, 7) is 7.16. The first-order valence-corrected chi connectivity index (χ1v) is 7.36. The van der Waals surface area contributed by atoms with Gasteiger partial charge < -0.3 is 15.5 Å². The van der Waals surface area contributed by atoms with E-state index in [1.54, 1.807) is 0 Å². The second kappa shape index (κ2) is 5.69. The lowest BCUT2D eigenvalue weighted by Crippen LogP contribution is -2.46. The third kappa shape index (κ3) is 2.69. The molecule has 1 aromatic heterocycles. The molecule has 1 amide bonds. The van der Waals surface area contributed by atoms with E-state index in [-0.39, 0.29) is 0 Å². The largest absolute Gasteiger partial charge is 0.366 e. The molecule has 1 fully saturated rings. The Morgan fingerprint density at radius 2 is 1.95 bits per heavy atom. The van der Waals surface area contributed by atoms with Crippen LogP contribution in [0.4, 0.5) is 5.82 Å². The highest BCUT2D eigenvalue weighted by Gasteiger charge is 2.19. The summed E-state index contributed by atoms with van der Waals surface area (Å²) in [5, 5.41) is 0.820. The van der Waals surface area contributed by atoms with E-state index in [2.05, 4.69) is 16.7 Å². The second-order valence-electron chi connectivity index (χ2n) is 5.33. The number of nitrogens with two attached hydrogens (primary N) is 1. The highest BCUT2D eigenvalue weighted by molar-refractivity contribution is 6.06. The molecule has 2 heterocycles. The number of rotatable bonds is 3. The summed E-state index contributed by atoms with van der Waals surface area (Å²) < 4.78 is 0. The summed E-state index contributed by atoms with van der Waals surface area (Å²) in [6.07, 6.45) is 0. The first-order chi connectivity index (χ1) is 10.2. The normalized spacial score (nSPS) is 16.3. The van der Waals surface area contributed by atoms with Crippen LogP contribution < -0.4 is 10.6 Å². The quantitative estimate of drug-likeness (QED) is 0.927. The Bertz CT molecular complexity index is 662. The number of carbonyl (C=O) groups is 1. The van der Waals surface area contributed by atoms with Crippen molar-refractivity contribution >= 4 is 22.6 Å². The number of pyridine rings is 1. The number of nitrogens with zero attached hydrogens (tertiary/aromatic N) is 3. The van der Waals surface area contributed by atoms with E-state index >= 15 is 0 Å². The number of carbonyl (C=O) groups excluding carboxylic acids is 1. The molecule has 21 heavy (non-hydrogen) atoms. The molecule has 2 N–H and O–H groups in total. The third-order valence-corrected chi connectivity index (χ3v) is 4.11. The van der Waals surface area contributed by atoms with Gasteiger partial charge in [0.15, 0.2) is 0 Å². The summed E-state index contributed by atoms with van der Waals surface area (Å²) in [6, 6.07) is 9.47. The van der Waals surface area contributed by atoms with Gasteiger partial charge in [0.25, 0.3) is 0 Å². The molecule has 0 bridgehead atoms. The van der Waals surface area contributed by atoms with E-state index in [1.165, 1.54) is 0 Å². The number of fused-ring (bicyclic) bond motifs is 1. The molecule has 5 heteroatoms. The zero-order valence-corrected chi connectivity index (χ0v) is 12.2. The van der Waals surface area contributed by atoms with Crippen LogP contribution in [0.5, 0.6) is 0 Å². The van der Waals surface area contributed by atoms with Crippen LogP contribution in [0.15, 0.2) is 30.3 Å². The number of anilines is 1. The van der Waals surface area contributed by atoms with Crippen LogP contribution in [0.25, 0.3) is 10.9 Å². The predicted octanol–water partition coefficient (Wildman–Crippen LogP) is 1.48. The first-order valence-electron chi connectivity index (χ1n) is 7.36. The van der Waals surface area contributed by atoms with Crippen molar-refractivity contribution in [2.75, 3.05) is 37.6 Å². The molecule has 110 valence electrons. The van der Waals surface area contributed by atoms with Gasteiger partial charge in [-0.25, -0.2) is 4.98 Å². The number of primary amides is 1. The van der Waals surface area contributed by atoms with Gasteiger partial charge in [0.2, 0.25) is 5.91 Å². The molecule has 0 radical (unpaired) electrons. The smallest absolute Gasteiger partial charge is 0.249 e. The molecule has 1 aromatic carbocycles. The Labute approximate surface area is 124 Å². The van der Waals surface area contributed by atoms with Crippen LogP contribution in [0, 0.1) is 0 Å². The Kier molecular flexibility index (Phi) is 3.75. The number of hydrogen-bond acceptors (Lipinski definition) is 4. The zero-order valence-electron chi connectivity index (χ0n) is 12.2. The number of benzene rings is 1. The van der Waals surface area contributed by atoms with Crippen LogP contribution in [-0.2, 0) is 0 Å². The van der Waals surface area contributed by atoms with Crippen molar-refractivity contribution in [3.63, 3.8) is 0 Å². The SMILES string of the molecule is CCN1CCN(c2cc(C(N)=O)c3ccccc3n2)CC1. The van der Waals surface area contributed by atoms with Crippen LogP contribution in [0.2, 0.25) is 0 Å². The lowest BCUT2D eigenvalue weighted by atomic mass is 10.1. The van der Waals surface area contributed by atoms with Gasteiger partial charge in [-0.05, 0) is 18.7 Å². The van der Waals surface area contributed by atoms with Gasteiger partial charge >= 0.3 is 0 Å². The highest BCUT2D eigenvalue weighted by Crippen LogP contribution is 2.23. The minimum absolute atomic E-state index is 0.401. The van der Waals surface area contributed by atoms with Crippen LogP contribution in [-0.4, -0.2) is 48.5 Å². The summed E-state index contributed by atoms with van der Waals surface area (Å²) in [5.74, 6) is 0.445. The third-order valence-electron chi connectivity index (χ3n) is 4.11. The maximum absolute atomic E-state index is 11.7. The van der Waals surface area contributed by atoms with Gasteiger partial charge in [-0.3, -0.25) is 4.79 Å². The second-order valence-corrected chi connectivity index (χ2v) is 5.33. The number of hydrogen-bond donors (Lipinski definition) is 1. The van der Waals surface area contributed by atoms with Gasteiger partial charge in [0, 0.05) is 31.6 Å². The first kappa shape index (κ1) is 13.8. The topological polar surface area (TPSA) is 62.5 Å². The summed E-state index contributed by atoms with van der Waals surface area (Å²) >= 11 is 0. The van der Waals surface area contributed by atoms with Crippen LogP contribution >= 0.6 is 0 Å². The Hall–Kier alpha value is -2.14. The minimum Gasteiger partial charge on any atom is -0.366 e. The lowest BCUT2D eigenvalue weighted by Gasteiger charge is -2.35. The molecule has 1 aliphatic heterocycles. The summed E-state index contributed by atoms with van der Waals surface area (Å²) in [7, 11) is 0. The fraction of sp³-hybridized carbons (Fsp3) is 0.375. The van der Waals surface area contributed by atoms with Crippen molar-refractivity contribution in [2.24, 2.45) is 5.73 Å². The molecule has 0 unspecified atom stereocenters. The van der Waals surface area contributed by atoms with Crippen molar-refractivity contribution < 1.29 is 4.79 Å². The van der Waals surface area contributed by atoms with Crippen molar-refractivity contribution in [2.45, 2.75) is 6.92 Å². The summed E-state index contributed by atoms with van der Waals surface area (Å²) in [5.41, 5.74) is 6.90. The predicted molar refractivity (Wildman–Crippen MR) is 84.6 cm³/mol. The molecule has 5 nitrogen and oxygen atoms in total. The Morgan fingerprint density at radius 3 is 2.62 bits per heavy atom. The van der Waals surface area contributed by atoms with E-state index in [0.29, 0.717) is 5.56 Å². The van der Waals surface area contributed by atoms with E-state index in [0.717, 1.165) is 49.4 Å². The zero-order chi connectivity index (χ0) is 14.8. The van der Waals surface area contributed by atoms with Crippen molar-refractivity contribution in [3.05, 3.63) is 35.9 Å². The molecule has 0 atom stereocenters. The van der Waals surface area contributed by atoms with Gasteiger partial charge in [-0.1, -0.05) is 25.1 Å². The molecule has 2 aromatic rings. The van der Waals surface area contributed by atoms with Crippen molar-refractivity contribution in [1.29, 1.82) is 0 Å². The van der Waals surface area contributed by atoms with Crippen LogP contribution in [0.3, 0.4) is 0 Å².